The van der Waals surface area contributed by atoms with E-state index >= 15 is 0 Å². The standard InChI is InChI=1S/C13H24ClN3O2/c1-3-4-5-12-16-11(13(14)17-12)10-15-6-7-19-9-8-18-2/h15H,3-10H2,1-2H3,(H,16,17). The quantitative estimate of drug-likeness (QED) is 0.613. The van der Waals surface area contributed by atoms with Crippen LogP contribution in [-0.2, 0) is 22.4 Å². The van der Waals surface area contributed by atoms with Crippen molar-refractivity contribution < 1.29 is 9.47 Å². The number of nitrogens with one attached hydrogen (secondary N) is 2. The molecule has 0 radical (unpaired) electrons. The summed E-state index contributed by atoms with van der Waals surface area (Å²) in [6.07, 6.45) is 3.24. The Labute approximate surface area is 120 Å². The summed E-state index contributed by atoms with van der Waals surface area (Å²) in [4.78, 5) is 7.57. The number of unbranched alkanes of at least 4 members (excludes halogenated alkanes) is 1. The van der Waals surface area contributed by atoms with Crippen molar-refractivity contribution in [1.29, 1.82) is 0 Å². The molecule has 0 unspecified atom stereocenters. The molecule has 1 heterocycles. The van der Waals surface area contributed by atoms with Gasteiger partial charge in [-0.05, 0) is 6.42 Å². The van der Waals surface area contributed by atoms with Gasteiger partial charge in [-0.2, -0.15) is 0 Å². The highest BCUT2D eigenvalue weighted by Crippen LogP contribution is 2.13. The summed E-state index contributed by atoms with van der Waals surface area (Å²) in [5.41, 5.74) is 0.949. The van der Waals surface area contributed by atoms with E-state index in [1.807, 2.05) is 0 Å². The van der Waals surface area contributed by atoms with E-state index in [0.29, 0.717) is 31.5 Å². The Morgan fingerprint density at radius 1 is 1.32 bits per heavy atom. The van der Waals surface area contributed by atoms with Crippen LogP contribution in [0.15, 0.2) is 0 Å². The number of aryl methyl sites for hydroxylation is 1. The van der Waals surface area contributed by atoms with Crippen molar-refractivity contribution in [3.8, 4) is 0 Å². The minimum atomic E-state index is 0.568. The van der Waals surface area contributed by atoms with Crippen LogP contribution in [0.2, 0.25) is 5.15 Å². The summed E-state index contributed by atoms with van der Waals surface area (Å²) >= 11 is 6.08. The molecule has 19 heavy (non-hydrogen) atoms. The highest BCUT2D eigenvalue weighted by molar-refractivity contribution is 6.30. The van der Waals surface area contributed by atoms with E-state index in [0.717, 1.165) is 37.3 Å². The molecular formula is C13H24ClN3O2. The second-order valence-electron chi connectivity index (χ2n) is 4.34. The molecule has 0 aliphatic heterocycles. The Balaban J connectivity index is 2.16. The summed E-state index contributed by atoms with van der Waals surface area (Å²) in [7, 11) is 1.66. The van der Waals surface area contributed by atoms with Crippen LogP contribution in [-0.4, -0.2) is 43.4 Å². The van der Waals surface area contributed by atoms with E-state index in [2.05, 4.69) is 22.2 Å². The molecule has 0 bridgehead atoms. The van der Waals surface area contributed by atoms with E-state index in [-0.39, 0.29) is 0 Å². The first-order valence-corrected chi connectivity index (χ1v) is 7.16. The van der Waals surface area contributed by atoms with Crippen LogP contribution in [0.3, 0.4) is 0 Å². The lowest BCUT2D eigenvalue weighted by atomic mass is 10.2. The number of aromatic nitrogens is 2. The number of nitrogens with zero attached hydrogens (tertiary/aromatic N) is 1. The molecule has 0 atom stereocenters. The van der Waals surface area contributed by atoms with Crippen LogP contribution >= 0.6 is 11.6 Å². The van der Waals surface area contributed by atoms with Crippen LogP contribution in [0, 0.1) is 0 Å². The fourth-order valence-corrected chi connectivity index (χ4v) is 1.84. The number of imidazole rings is 1. The largest absolute Gasteiger partial charge is 0.382 e. The number of ether oxygens (including phenoxy) is 2. The Kier molecular flexibility index (Phi) is 8.82. The molecular weight excluding hydrogens is 266 g/mol. The maximum Gasteiger partial charge on any atom is 0.151 e. The van der Waals surface area contributed by atoms with Crippen molar-refractivity contribution >= 4 is 11.6 Å². The Morgan fingerprint density at radius 3 is 2.89 bits per heavy atom. The van der Waals surface area contributed by atoms with Crippen molar-refractivity contribution in [2.75, 3.05) is 33.5 Å². The van der Waals surface area contributed by atoms with Gasteiger partial charge in [0.25, 0.3) is 0 Å². The Bertz CT molecular complexity index is 345. The molecule has 0 spiro atoms. The average Bonchev–Trinajstić information content (AvgIpc) is 2.76. The summed E-state index contributed by atoms with van der Waals surface area (Å²) in [6.45, 7) is 5.56. The number of halogens is 1. The fraction of sp³-hybridized carbons (Fsp3) is 0.769. The average molecular weight is 290 g/mol. The first-order valence-electron chi connectivity index (χ1n) is 6.78. The van der Waals surface area contributed by atoms with Crippen LogP contribution in [0.5, 0.6) is 0 Å². The predicted octanol–water partition coefficient (Wildman–Crippen LogP) is 2.16. The number of hydrogen-bond acceptors (Lipinski definition) is 4. The molecule has 1 rings (SSSR count). The van der Waals surface area contributed by atoms with Crippen LogP contribution in [0.25, 0.3) is 0 Å². The topological polar surface area (TPSA) is 59.2 Å². The zero-order valence-electron chi connectivity index (χ0n) is 11.8. The van der Waals surface area contributed by atoms with Crippen molar-refractivity contribution in [2.24, 2.45) is 0 Å². The van der Waals surface area contributed by atoms with E-state index in [1.165, 1.54) is 0 Å². The first-order chi connectivity index (χ1) is 9.27. The monoisotopic (exact) mass is 289 g/mol. The van der Waals surface area contributed by atoms with Gasteiger partial charge in [0.05, 0.1) is 25.5 Å². The van der Waals surface area contributed by atoms with E-state index in [9.17, 15) is 0 Å². The fourth-order valence-electron chi connectivity index (χ4n) is 1.62. The number of aromatic amines is 1. The number of rotatable bonds is 11. The van der Waals surface area contributed by atoms with Crippen molar-refractivity contribution in [2.45, 2.75) is 32.7 Å². The highest BCUT2D eigenvalue weighted by atomic mass is 35.5. The molecule has 0 aromatic carbocycles. The highest BCUT2D eigenvalue weighted by Gasteiger charge is 2.07. The molecule has 6 heteroatoms. The second kappa shape index (κ2) is 10.2. The molecule has 1 aromatic heterocycles. The van der Waals surface area contributed by atoms with Gasteiger partial charge in [0.1, 0.15) is 5.82 Å². The SMILES string of the molecule is CCCCc1nc(Cl)c(CNCCOCCOC)[nH]1. The Hall–Kier alpha value is -0.620. The zero-order chi connectivity index (χ0) is 13.9. The van der Waals surface area contributed by atoms with Gasteiger partial charge in [-0.15, -0.1) is 0 Å². The third-order valence-electron chi connectivity index (χ3n) is 2.70. The third kappa shape index (κ3) is 6.92. The molecule has 1 aromatic rings. The molecule has 5 nitrogen and oxygen atoms in total. The number of hydrogen-bond donors (Lipinski definition) is 2. The molecule has 0 fully saturated rings. The predicted molar refractivity (Wildman–Crippen MR) is 76.6 cm³/mol. The van der Waals surface area contributed by atoms with Gasteiger partial charge in [-0.3, -0.25) is 0 Å². The smallest absolute Gasteiger partial charge is 0.151 e. The van der Waals surface area contributed by atoms with Crippen molar-refractivity contribution in [1.82, 2.24) is 15.3 Å². The van der Waals surface area contributed by atoms with Crippen molar-refractivity contribution in [3.63, 3.8) is 0 Å². The van der Waals surface area contributed by atoms with Gasteiger partial charge < -0.3 is 19.8 Å². The molecule has 110 valence electrons. The summed E-state index contributed by atoms with van der Waals surface area (Å²) < 4.78 is 10.2. The maximum absolute atomic E-state index is 6.08. The normalized spacial score (nSPS) is 11.1. The Morgan fingerprint density at radius 2 is 2.16 bits per heavy atom. The molecule has 0 saturated carbocycles. The van der Waals surface area contributed by atoms with Gasteiger partial charge in [-0.25, -0.2) is 4.98 Å². The van der Waals surface area contributed by atoms with E-state index in [1.54, 1.807) is 7.11 Å². The molecule has 0 aliphatic rings. The molecule has 0 aliphatic carbocycles. The van der Waals surface area contributed by atoms with Gasteiger partial charge in [0.15, 0.2) is 5.15 Å². The minimum Gasteiger partial charge on any atom is -0.382 e. The zero-order valence-corrected chi connectivity index (χ0v) is 12.6. The second-order valence-corrected chi connectivity index (χ2v) is 4.70. The van der Waals surface area contributed by atoms with Gasteiger partial charge in [-0.1, -0.05) is 24.9 Å². The van der Waals surface area contributed by atoms with Crippen LogP contribution < -0.4 is 5.32 Å². The summed E-state index contributed by atoms with van der Waals surface area (Å²) in [5.74, 6) is 0.972. The molecule has 0 saturated heterocycles. The lowest BCUT2D eigenvalue weighted by Crippen LogP contribution is -2.20. The van der Waals surface area contributed by atoms with Gasteiger partial charge >= 0.3 is 0 Å². The molecule has 2 N–H and O–H groups in total. The summed E-state index contributed by atoms with van der Waals surface area (Å²) in [6, 6.07) is 0. The van der Waals surface area contributed by atoms with E-state index in [4.69, 9.17) is 21.1 Å². The van der Waals surface area contributed by atoms with Gasteiger partial charge in [0, 0.05) is 26.6 Å². The maximum atomic E-state index is 6.08. The minimum absolute atomic E-state index is 0.568. The molecule has 0 amide bonds. The lowest BCUT2D eigenvalue weighted by Gasteiger charge is -2.05. The number of H-pyrrole nitrogens is 1. The summed E-state index contributed by atoms with van der Waals surface area (Å²) in [5, 5.41) is 3.84. The number of methoxy groups -OCH3 is 1. The third-order valence-corrected chi connectivity index (χ3v) is 3.01. The van der Waals surface area contributed by atoms with Gasteiger partial charge in [0.2, 0.25) is 0 Å². The van der Waals surface area contributed by atoms with Crippen LogP contribution in [0.1, 0.15) is 31.3 Å². The first kappa shape index (κ1) is 16.4. The van der Waals surface area contributed by atoms with Crippen molar-refractivity contribution in [3.05, 3.63) is 16.7 Å². The van der Waals surface area contributed by atoms with Crippen LogP contribution in [0.4, 0.5) is 0 Å². The van der Waals surface area contributed by atoms with E-state index < -0.39 is 0 Å². The lowest BCUT2D eigenvalue weighted by molar-refractivity contribution is 0.0719.